The molecule has 0 atom stereocenters. The zero-order valence-corrected chi connectivity index (χ0v) is 9.60. The van der Waals surface area contributed by atoms with Gasteiger partial charge in [0.15, 0.2) is 0 Å². The highest BCUT2D eigenvalue weighted by molar-refractivity contribution is 7.07. The Morgan fingerprint density at radius 1 is 1.29 bits per heavy atom. The molecule has 78 valence electrons. The van der Waals surface area contributed by atoms with Gasteiger partial charge in [0.05, 0.1) is 11.2 Å². The molecule has 1 aromatic rings. The molecular formula is C11H17NOS. The molecule has 0 saturated heterocycles. The largest absolute Gasteiger partial charge is 0.384 e. The van der Waals surface area contributed by atoms with Crippen LogP contribution >= 0.6 is 11.3 Å². The molecule has 1 aliphatic rings. The van der Waals surface area contributed by atoms with E-state index in [1.54, 1.807) is 16.8 Å². The molecule has 3 heteroatoms. The first kappa shape index (κ1) is 10.1. The summed E-state index contributed by atoms with van der Waals surface area (Å²) in [5.74, 6) is 0. The van der Waals surface area contributed by atoms with Gasteiger partial charge in [-0.3, -0.25) is 0 Å². The molecule has 1 aromatic heterocycles. The zero-order chi connectivity index (χ0) is 10.2. The van der Waals surface area contributed by atoms with Crippen molar-refractivity contribution in [1.82, 2.24) is 4.98 Å². The lowest BCUT2D eigenvalue weighted by Gasteiger charge is -2.39. The van der Waals surface area contributed by atoms with Crippen LogP contribution in [0.25, 0.3) is 0 Å². The van der Waals surface area contributed by atoms with E-state index in [-0.39, 0.29) is 0 Å². The standard InChI is InChI=1S/C11H17NOS/c1-10(2)3-5-11(13,6-4-10)9-7-14-8-12-9/h7-8,13H,3-6H2,1-2H3. The van der Waals surface area contributed by atoms with Crippen molar-refractivity contribution in [1.29, 1.82) is 0 Å². The van der Waals surface area contributed by atoms with Crippen molar-refractivity contribution in [2.45, 2.75) is 45.1 Å². The summed E-state index contributed by atoms with van der Waals surface area (Å²) in [4.78, 5) is 4.23. The van der Waals surface area contributed by atoms with Crippen LogP contribution in [-0.4, -0.2) is 10.1 Å². The summed E-state index contributed by atoms with van der Waals surface area (Å²) in [6.07, 6.45) is 3.87. The average Bonchev–Trinajstić information content (AvgIpc) is 2.64. The Bertz CT molecular complexity index is 295. The van der Waals surface area contributed by atoms with Gasteiger partial charge in [0, 0.05) is 5.38 Å². The van der Waals surface area contributed by atoms with Gasteiger partial charge in [0.25, 0.3) is 0 Å². The summed E-state index contributed by atoms with van der Waals surface area (Å²) < 4.78 is 0. The van der Waals surface area contributed by atoms with Crippen molar-refractivity contribution in [2.24, 2.45) is 5.41 Å². The van der Waals surface area contributed by atoms with Crippen molar-refractivity contribution < 1.29 is 5.11 Å². The minimum Gasteiger partial charge on any atom is -0.384 e. The predicted molar refractivity (Wildman–Crippen MR) is 58.3 cm³/mol. The van der Waals surface area contributed by atoms with Crippen LogP contribution in [0.2, 0.25) is 0 Å². The molecule has 0 unspecified atom stereocenters. The third-order valence-electron chi connectivity index (χ3n) is 3.34. The van der Waals surface area contributed by atoms with E-state index in [1.165, 1.54) is 0 Å². The van der Waals surface area contributed by atoms with E-state index in [2.05, 4.69) is 18.8 Å². The van der Waals surface area contributed by atoms with Gasteiger partial charge in [-0.2, -0.15) is 0 Å². The molecule has 0 aliphatic heterocycles. The number of aliphatic hydroxyl groups is 1. The van der Waals surface area contributed by atoms with E-state index in [0.717, 1.165) is 31.4 Å². The fraction of sp³-hybridized carbons (Fsp3) is 0.727. The van der Waals surface area contributed by atoms with Gasteiger partial charge in [-0.1, -0.05) is 13.8 Å². The number of hydrogen-bond donors (Lipinski definition) is 1. The molecule has 1 aliphatic carbocycles. The summed E-state index contributed by atoms with van der Waals surface area (Å²) in [7, 11) is 0. The first-order valence-electron chi connectivity index (χ1n) is 5.13. The number of thiazole rings is 1. The predicted octanol–water partition coefficient (Wildman–Crippen LogP) is 2.93. The topological polar surface area (TPSA) is 33.1 Å². The molecule has 1 N–H and O–H groups in total. The summed E-state index contributed by atoms with van der Waals surface area (Å²) >= 11 is 1.56. The van der Waals surface area contributed by atoms with Gasteiger partial charge in [-0.25, -0.2) is 4.98 Å². The highest BCUT2D eigenvalue weighted by Gasteiger charge is 2.38. The van der Waals surface area contributed by atoms with E-state index in [4.69, 9.17) is 0 Å². The van der Waals surface area contributed by atoms with Crippen molar-refractivity contribution >= 4 is 11.3 Å². The van der Waals surface area contributed by atoms with Crippen LogP contribution in [0, 0.1) is 5.41 Å². The van der Waals surface area contributed by atoms with Crippen LogP contribution < -0.4 is 0 Å². The van der Waals surface area contributed by atoms with Crippen molar-refractivity contribution in [2.75, 3.05) is 0 Å². The van der Waals surface area contributed by atoms with Crippen LogP contribution in [0.1, 0.15) is 45.2 Å². The molecule has 1 heterocycles. The molecule has 0 bridgehead atoms. The lowest BCUT2D eigenvalue weighted by Crippen LogP contribution is -2.34. The van der Waals surface area contributed by atoms with Crippen LogP contribution in [0.3, 0.4) is 0 Å². The Kier molecular flexibility index (Phi) is 2.40. The highest BCUT2D eigenvalue weighted by atomic mass is 32.1. The molecule has 0 aromatic carbocycles. The Balaban J connectivity index is 2.13. The van der Waals surface area contributed by atoms with Gasteiger partial charge in [-0.15, -0.1) is 11.3 Å². The number of hydrogen-bond acceptors (Lipinski definition) is 3. The van der Waals surface area contributed by atoms with E-state index >= 15 is 0 Å². The normalized spacial score (nSPS) is 24.8. The quantitative estimate of drug-likeness (QED) is 0.774. The highest BCUT2D eigenvalue weighted by Crippen LogP contribution is 2.44. The maximum atomic E-state index is 10.4. The lowest BCUT2D eigenvalue weighted by molar-refractivity contribution is -0.0335. The third kappa shape index (κ3) is 1.84. The smallest absolute Gasteiger partial charge is 0.107 e. The Hall–Kier alpha value is -0.410. The number of rotatable bonds is 1. The number of aromatic nitrogens is 1. The van der Waals surface area contributed by atoms with Gasteiger partial charge < -0.3 is 5.11 Å². The summed E-state index contributed by atoms with van der Waals surface area (Å²) in [6.45, 7) is 4.54. The molecule has 1 saturated carbocycles. The molecule has 1 fully saturated rings. The first-order valence-corrected chi connectivity index (χ1v) is 6.07. The molecule has 0 amide bonds. The minimum absolute atomic E-state index is 0.391. The van der Waals surface area contributed by atoms with Crippen molar-refractivity contribution in [3.05, 3.63) is 16.6 Å². The molecule has 14 heavy (non-hydrogen) atoms. The lowest BCUT2D eigenvalue weighted by atomic mass is 9.70. The second-order valence-electron chi connectivity index (χ2n) is 5.07. The Labute approximate surface area is 89.0 Å². The second-order valence-corrected chi connectivity index (χ2v) is 5.79. The van der Waals surface area contributed by atoms with E-state index in [1.807, 2.05) is 5.38 Å². The van der Waals surface area contributed by atoms with Crippen LogP contribution in [0.15, 0.2) is 10.9 Å². The molecule has 0 spiro atoms. The van der Waals surface area contributed by atoms with E-state index in [9.17, 15) is 5.11 Å². The van der Waals surface area contributed by atoms with Crippen LogP contribution in [-0.2, 0) is 5.60 Å². The maximum Gasteiger partial charge on any atom is 0.107 e. The minimum atomic E-state index is -0.643. The van der Waals surface area contributed by atoms with Crippen molar-refractivity contribution in [3.8, 4) is 0 Å². The molecule has 2 rings (SSSR count). The average molecular weight is 211 g/mol. The monoisotopic (exact) mass is 211 g/mol. The van der Waals surface area contributed by atoms with Gasteiger partial charge in [0.1, 0.15) is 5.60 Å². The number of nitrogens with zero attached hydrogens (tertiary/aromatic N) is 1. The van der Waals surface area contributed by atoms with E-state index < -0.39 is 5.60 Å². The summed E-state index contributed by atoms with van der Waals surface area (Å²) in [5.41, 5.74) is 2.42. The Morgan fingerprint density at radius 3 is 2.43 bits per heavy atom. The van der Waals surface area contributed by atoms with Crippen LogP contribution in [0.5, 0.6) is 0 Å². The zero-order valence-electron chi connectivity index (χ0n) is 8.79. The first-order chi connectivity index (χ1) is 6.52. The van der Waals surface area contributed by atoms with Crippen LogP contribution in [0.4, 0.5) is 0 Å². The summed E-state index contributed by atoms with van der Waals surface area (Å²) in [5, 5.41) is 12.4. The summed E-state index contributed by atoms with van der Waals surface area (Å²) in [6, 6.07) is 0. The fourth-order valence-corrected chi connectivity index (χ4v) is 2.68. The maximum absolute atomic E-state index is 10.4. The van der Waals surface area contributed by atoms with Gasteiger partial charge in [-0.05, 0) is 31.1 Å². The SMILES string of the molecule is CC1(C)CCC(O)(c2cscn2)CC1. The van der Waals surface area contributed by atoms with E-state index in [0.29, 0.717) is 5.41 Å². The Morgan fingerprint density at radius 2 is 1.93 bits per heavy atom. The van der Waals surface area contributed by atoms with Gasteiger partial charge >= 0.3 is 0 Å². The second kappa shape index (κ2) is 3.31. The molecular weight excluding hydrogens is 194 g/mol. The molecule has 0 radical (unpaired) electrons. The third-order valence-corrected chi connectivity index (χ3v) is 3.93. The van der Waals surface area contributed by atoms with Crippen molar-refractivity contribution in [3.63, 3.8) is 0 Å². The fourth-order valence-electron chi connectivity index (χ4n) is 2.04. The van der Waals surface area contributed by atoms with Gasteiger partial charge in [0.2, 0.25) is 0 Å². The molecule has 2 nitrogen and oxygen atoms in total.